The number of hydrogen-bond donors (Lipinski definition) is 1. The van der Waals surface area contributed by atoms with E-state index in [0.29, 0.717) is 22.3 Å². The summed E-state index contributed by atoms with van der Waals surface area (Å²) in [5, 5.41) is 3.48. The van der Waals surface area contributed by atoms with E-state index in [4.69, 9.17) is 27.9 Å². The normalized spacial score (nSPS) is 11.0. The zero-order valence-corrected chi connectivity index (χ0v) is 16.2. The molecule has 0 atom stereocenters. The summed E-state index contributed by atoms with van der Waals surface area (Å²) in [4.78, 5) is 13.9. The van der Waals surface area contributed by atoms with Gasteiger partial charge in [-0.05, 0) is 42.9 Å². The summed E-state index contributed by atoms with van der Waals surface area (Å²) in [6.07, 6.45) is 0. The lowest BCUT2D eigenvalue weighted by atomic mass is 10.2. The van der Waals surface area contributed by atoms with Gasteiger partial charge in [-0.1, -0.05) is 29.3 Å². The van der Waals surface area contributed by atoms with Crippen molar-refractivity contribution < 1.29 is 23.0 Å². The Kier molecular flexibility index (Phi) is 7.65. The van der Waals surface area contributed by atoms with E-state index in [2.05, 4.69) is 10.1 Å². The molecular formula is C18H18Cl2F2N2O3. The Morgan fingerprint density at radius 2 is 1.89 bits per heavy atom. The van der Waals surface area contributed by atoms with Crippen LogP contribution in [0.2, 0.25) is 10.0 Å². The topological polar surface area (TPSA) is 50.8 Å². The fraction of sp³-hybridized carbons (Fsp3) is 0.278. The SMILES string of the molecule is COc1cc(CN(C)CC(=O)Nc2ccc(Cl)c(Cl)c2)ccc1OC(F)F. The van der Waals surface area contributed by atoms with Gasteiger partial charge in [-0.2, -0.15) is 8.78 Å². The molecule has 0 spiro atoms. The lowest BCUT2D eigenvalue weighted by molar-refractivity contribution is -0.117. The maximum absolute atomic E-state index is 12.4. The van der Waals surface area contributed by atoms with Gasteiger partial charge in [0.25, 0.3) is 0 Å². The quantitative estimate of drug-likeness (QED) is 0.676. The predicted octanol–water partition coefficient (Wildman–Crippen LogP) is 4.67. The van der Waals surface area contributed by atoms with Crippen molar-refractivity contribution in [1.29, 1.82) is 0 Å². The maximum Gasteiger partial charge on any atom is 0.387 e. The predicted molar refractivity (Wildman–Crippen MR) is 101 cm³/mol. The first kappa shape index (κ1) is 21.2. The molecule has 0 bridgehead atoms. The Hall–Kier alpha value is -2.09. The Morgan fingerprint density at radius 1 is 1.15 bits per heavy atom. The van der Waals surface area contributed by atoms with Crippen molar-refractivity contribution in [3.05, 3.63) is 52.0 Å². The Bertz CT molecular complexity index is 806. The van der Waals surface area contributed by atoms with Crippen molar-refractivity contribution in [2.75, 3.05) is 26.0 Å². The van der Waals surface area contributed by atoms with Gasteiger partial charge in [0.15, 0.2) is 11.5 Å². The number of halogens is 4. The van der Waals surface area contributed by atoms with Gasteiger partial charge in [0, 0.05) is 12.2 Å². The highest BCUT2D eigenvalue weighted by atomic mass is 35.5. The highest BCUT2D eigenvalue weighted by Gasteiger charge is 2.13. The van der Waals surface area contributed by atoms with Crippen LogP contribution in [0.15, 0.2) is 36.4 Å². The van der Waals surface area contributed by atoms with E-state index in [1.54, 1.807) is 42.3 Å². The minimum atomic E-state index is -2.93. The van der Waals surface area contributed by atoms with E-state index in [0.717, 1.165) is 5.56 Å². The average Bonchev–Trinajstić information content (AvgIpc) is 2.58. The molecule has 9 heteroatoms. The third-order valence-corrected chi connectivity index (χ3v) is 4.25. The Balaban J connectivity index is 1.95. The summed E-state index contributed by atoms with van der Waals surface area (Å²) in [6.45, 7) is -2.42. The second kappa shape index (κ2) is 9.73. The van der Waals surface area contributed by atoms with E-state index < -0.39 is 6.61 Å². The molecule has 27 heavy (non-hydrogen) atoms. The summed E-state index contributed by atoms with van der Waals surface area (Å²) in [7, 11) is 3.12. The summed E-state index contributed by atoms with van der Waals surface area (Å²) < 4.78 is 34.2. The lowest BCUT2D eigenvalue weighted by Crippen LogP contribution is -2.29. The van der Waals surface area contributed by atoms with Crippen LogP contribution in [0.3, 0.4) is 0 Å². The molecule has 0 aliphatic heterocycles. The van der Waals surface area contributed by atoms with Crippen LogP contribution in [0, 0.1) is 0 Å². The molecule has 1 amide bonds. The van der Waals surface area contributed by atoms with Gasteiger partial charge in [0.1, 0.15) is 0 Å². The number of nitrogens with one attached hydrogen (secondary N) is 1. The average molecular weight is 419 g/mol. The van der Waals surface area contributed by atoms with Crippen LogP contribution in [0.5, 0.6) is 11.5 Å². The van der Waals surface area contributed by atoms with Crippen molar-refractivity contribution in [2.24, 2.45) is 0 Å². The first-order valence-corrected chi connectivity index (χ1v) is 8.59. The molecule has 2 rings (SSSR count). The van der Waals surface area contributed by atoms with Crippen LogP contribution in [0.4, 0.5) is 14.5 Å². The second-order valence-electron chi connectivity index (χ2n) is 5.71. The van der Waals surface area contributed by atoms with E-state index in [-0.39, 0.29) is 24.0 Å². The molecule has 1 N–H and O–H groups in total. The van der Waals surface area contributed by atoms with Gasteiger partial charge in [0.2, 0.25) is 5.91 Å². The molecule has 5 nitrogen and oxygen atoms in total. The first-order chi connectivity index (χ1) is 12.8. The zero-order chi connectivity index (χ0) is 20.0. The lowest BCUT2D eigenvalue weighted by Gasteiger charge is -2.18. The van der Waals surface area contributed by atoms with Crippen molar-refractivity contribution in [3.8, 4) is 11.5 Å². The molecule has 2 aromatic carbocycles. The van der Waals surface area contributed by atoms with Crippen LogP contribution < -0.4 is 14.8 Å². The molecule has 0 heterocycles. The van der Waals surface area contributed by atoms with E-state index >= 15 is 0 Å². The van der Waals surface area contributed by atoms with Crippen molar-refractivity contribution >= 4 is 34.8 Å². The number of methoxy groups -OCH3 is 1. The number of anilines is 1. The number of carbonyl (C=O) groups is 1. The summed E-state index contributed by atoms with van der Waals surface area (Å²) in [6, 6.07) is 9.44. The molecule has 146 valence electrons. The number of likely N-dealkylation sites (N-methyl/N-ethyl adjacent to an activating group) is 1. The summed E-state index contributed by atoms with van der Waals surface area (Å²) >= 11 is 11.8. The number of benzene rings is 2. The third-order valence-electron chi connectivity index (χ3n) is 3.51. The van der Waals surface area contributed by atoms with Crippen molar-refractivity contribution in [3.63, 3.8) is 0 Å². The third kappa shape index (κ3) is 6.53. The molecule has 0 fully saturated rings. The van der Waals surface area contributed by atoms with Gasteiger partial charge in [0.05, 0.1) is 23.7 Å². The van der Waals surface area contributed by atoms with Crippen LogP contribution in [0.25, 0.3) is 0 Å². The fourth-order valence-electron chi connectivity index (χ4n) is 2.39. The largest absolute Gasteiger partial charge is 0.493 e. The van der Waals surface area contributed by atoms with Crippen molar-refractivity contribution in [2.45, 2.75) is 13.2 Å². The minimum absolute atomic E-state index is 0.0451. The second-order valence-corrected chi connectivity index (χ2v) is 6.53. The summed E-state index contributed by atoms with van der Waals surface area (Å²) in [5.41, 5.74) is 1.32. The van der Waals surface area contributed by atoms with Gasteiger partial charge >= 0.3 is 6.61 Å². The number of rotatable bonds is 8. The maximum atomic E-state index is 12.4. The van der Waals surface area contributed by atoms with Crippen LogP contribution in [-0.4, -0.2) is 38.1 Å². The molecule has 0 aliphatic rings. The number of amides is 1. The first-order valence-electron chi connectivity index (χ1n) is 7.83. The van der Waals surface area contributed by atoms with E-state index in [1.165, 1.54) is 13.2 Å². The monoisotopic (exact) mass is 418 g/mol. The highest BCUT2D eigenvalue weighted by molar-refractivity contribution is 6.42. The molecule has 0 saturated carbocycles. The number of alkyl halides is 2. The number of ether oxygens (including phenoxy) is 2. The van der Waals surface area contributed by atoms with Crippen LogP contribution >= 0.6 is 23.2 Å². The van der Waals surface area contributed by atoms with Crippen LogP contribution in [-0.2, 0) is 11.3 Å². The molecular weight excluding hydrogens is 401 g/mol. The van der Waals surface area contributed by atoms with E-state index in [9.17, 15) is 13.6 Å². The standard InChI is InChI=1S/C18H18Cl2F2N2O3/c1-24(10-17(25)23-12-4-5-13(19)14(20)8-12)9-11-3-6-15(27-18(21)22)16(7-11)26-2/h3-8,18H,9-10H2,1-2H3,(H,23,25). The zero-order valence-electron chi connectivity index (χ0n) is 14.6. The van der Waals surface area contributed by atoms with Gasteiger partial charge < -0.3 is 14.8 Å². The Morgan fingerprint density at radius 3 is 2.52 bits per heavy atom. The number of carbonyl (C=O) groups excluding carboxylic acids is 1. The minimum Gasteiger partial charge on any atom is -0.493 e. The van der Waals surface area contributed by atoms with Gasteiger partial charge in [-0.15, -0.1) is 0 Å². The van der Waals surface area contributed by atoms with Gasteiger partial charge in [-0.3, -0.25) is 9.69 Å². The fourth-order valence-corrected chi connectivity index (χ4v) is 2.69. The van der Waals surface area contributed by atoms with Crippen LogP contribution in [0.1, 0.15) is 5.56 Å². The van der Waals surface area contributed by atoms with E-state index in [1.807, 2.05) is 0 Å². The highest BCUT2D eigenvalue weighted by Crippen LogP contribution is 2.30. The Labute approximate surface area is 165 Å². The van der Waals surface area contributed by atoms with Gasteiger partial charge in [-0.25, -0.2) is 0 Å². The number of nitrogens with zero attached hydrogens (tertiary/aromatic N) is 1. The molecule has 0 saturated heterocycles. The number of hydrogen-bond acceptors (Lipinski definition) is 4. The molecule has 0 radical (unpaired) electrons. The summed E-state index contributed by atoms with van der Waals surface area (Å²) in [5.74, 6) is -0.0850. The molecule has 0 aromatic heterocycles. The van der Waals surface area contributed by atoms with Crippen molar-refractivity contribution in [1.82, 2.24) is 4.90 Å². The molecule has 0 unspecified atom stereocenters. The molecule has 2 aromatic rings. The molecule has 0 aliphatic carbocycles. The smallest absolute Gasteiger partial charge is 0.387 e.